The summed E-state index contributed by atoms with van der Waals surface area (Å²) >= 11 is 3.38. The van der Waals surface area contributed by atoms with Gasteiger partial charge in [0, 0.05) is 4.83 Å². The number of ether oxygens (including phenoxy) is 1. The minimum absolute atomic E-state index is 0.0548. The Kier molecular flexibility index (Phi) is 3.85. The van der Waals surface area contributed by atoms with Gasteiger partial charge in [-0.05, 0) is 30.7 Å². The predicted octanol–water partition coefficient (Wildman–Crippen LogP) is 2.15. The van der Waals surface area contributed by atoms with Gasteiger partial charge in [0.2, 0.25) is 0 Å². The summed E-state index contributed by atoms with van der Waals surface area (Å²) in [6, 6.07) is 4.86. The minimum Gasteiger partial charge on any atom is -0.376 e. The Morgan fingerprint density at radius 1 is 1.35 bits per heavy atom. The van der Waals surface area contributed by atoms with Crippen LogP contribution < -0.4 is 0 Å². The number of hydrogen-bond acceptors (Lipinski definition) is 3. The molecule has 6 heteroatoms. The molecule has 0 bridgehead atoms. The first-order valence-electron chi connectivity index (χ1n) is 5.21. The zero-order valence-electron chi connectivity index (χ0n) is 8.97. The maximum absolute atomic E-state index is 12.7. The van der Waals surface area contributed by atoms with Crippen molar-refractivity contribution >= 4 is 25.8 Å². The molecular weight excluding hydrogens is 311 g/mol. The average molecular weight is 323 g/mol. The van der Waals surface area contributed by atoms with Crippen molar-refractivity contribution in [1.82, 2.24) is 0 Å². The molecule has 1 aliphatic heterocycles. The first kappa shape index (κ1) is 13.0. The van der Waals surface area contributed by atoms with Crippen molar-refractivity contribution in [3.63, 3.8) is 0 Å². The molecule has 0 radical (unpaired) electrons. The third-order valence-corrected chi connectivity index (χ3v) is 5.05. The maximum Gasteiger partial charge on any atom is 0.180 e. The fraction of sp³-hybridized carbons (Fsp3) is 0.455. The molecule has 1 aliphatic rings. The summed E-state index contributed by atoms with van der Waals surface area (Å²) in [6.07, 6.45) is 0.398. The Bertz CT molecular complexity index is 486. The minimum atomic E-state index is -3.40. The molecule has 1 heterocycles. The number of sulfone groups is 1. The van der Waals surface area contributed by atoms with E-state index in [2.05, 4.69) is 15.9 Å². The molecule has 0 aliphatic carbocycles. The van der Waals surface area contributed by atoms with Gasteiger partial charge in [-0.25, -0.2) is 12.8 Å². The van der Waals surface area contributed by atoms with Gasteiger partial charge in [0.05, 0.1) is 23.4 Å². The van der Waals surface area contributed by atoms with Gasteiger partial charge in [-0.2, -0.15) is 0 Å². The van der Waals surface area contributed by atoms with Crippen LogP contribution in [0.25, 0.3) is 0 Å². The molecule has 2 unspecified atom stereocenters. The number of rotatable bonds is 3. The summed E-state index contributed by atoms with van der Waals surface area (Å²) in [5.74, 6) is -0.498. The SMILES string of the molecule is O=S(=O)(CC1CC(Br)CO1)c1ccc(F)cc1. The monoisotopic (exact) mass is 322 g/mol. The van der Waals surface area contributed by atoms with Crippen molar-refractivity contribution in [2.45, 2.75) is 22.2 Å². The van der Waals surface area contributed by atoms with Gasteiger partial charge in [0.25, 0.3) is 0 Å². The van der Waals surface area contributed by atoms with E-state index in [4.69, 9.17) is 4.74 Å². The molecule has 0 N–H and O–H groups in total. The van der Waals surface area contributed by atoms with Crippen molar-refractivity contribution in [3.05, 3.63) is 30.1 Å². The largest absolute Gasteiger partial charge is 0.376 e. The molecule has 94 valence electrons. The van der Waals surface area contributed by atoms with Crippen LogP contribution in [0.1, 0.15) is 6.42 Å². The molecular formula is C11H12BrFO3S. The Morgan fingerprint density at radius 2 is 2.00 bits per heavy atom. The zero-order chi connectivity index (χ0) is 12.5. The van der Waals surface area contributed by atoms with E-state index in [0.29, 0.717) is 13.0 Å². The van der Waals surface area contributed by atoms with Gasteiger partial charge < -0.3 is 4.74 Å². The van der Waals surface area contributed by atoms with Crippen molar-refractivity contribution in [2.75, 3.05) is 12.4 Å². The van der Waals surface area contributed by atoms with Gasteiger partial charge >= 0.3 is 0 Å². The van der Waals surface area contributed by atoms with Crippen molar-refractivity contribution < 1.29 is 17.5 Å². The summed E-state index contributed by atoms with van der Waals surface area (Å²) in [7, 11) is -3.40. The molecule has 1 aromatic rings. The van der Waals surface area contributed by atoms with Crippen LogP contribution in [-0.4, -0.2) is 31.7 Å². The summed E-state index contributed by atoms with van der Waals surface area (Å²) in [6.45, 7) is 0.531. The number of benzene rings is 1. The normalized spacial score (nSPS) is 25.1. The average Bonchev–Trinajstić information content (AvgIpc) is 2.63. The molecule has 2 atom stereocenters. The standard InChI is InChI=1S/C11H12BrFO3S/c12-8-5-10(16-6-8)7-17(14,15)11-3-1-9(13)2-4-11/h1-4,8,10H,5-7H2. The van der Waals surface area contributed by atoms with E-state index in [1.807, 2.05) is 0 Å². The fourth-order valence-corrected chi connectivity index (χ4v) is 3.80. The lowest BCUT2D eigenvalue weighted by molar-refractivity contribution is 0.128. The topological polar surface area (TPSA) is 43.4 Å². The van der Waals surface area contributed by atoms with Crippen molar-refractivity contribution in [3.8, 4) is 0 Å². The second kappa shape index (κ2) is 5.04. The highest BCUT2D eigenvalue weighted by molar-refractivity contribution is 9.09. The first-order valence-corrected chi connectivity index (χ1v) is 7.78. The Balaban J connectivity index is 2.11. The third kappa shape index (κ3) is 3.26. The molecule has 2 rings (SSSR count). The van der Waals surface area contributed by atoms with Crippen LogP contribution in [0, 0.1) is 5.82 Å². The van der Waals surface area contributed by atoms with Crippen LogP contribution in [0.4, 0.5) is 4.39 Å². The number of halogens is 2. The maximum atomic E-state index is 12.7. The summed E-state index contributed by atoms with van der Waals surface area (Å²) in [5.41, 5.74) is 0. The smallest absolute Gasteiger partial charge is 0.180 e. The molecule has 1 fully saturated rings. The van der Waals surface area contributed by atoms with E-state index >= 15 is 0 Å². The van der Waals surface area contributed by atoms with Crippen LogP contribution >= 0.6 is 15.9 Å². The second-order valence-corrected chi connectivity index (χ2v) is 7.35. The van der Waals surface area contributed by atoms with E-state index in [0.717, 1.165) is 12.1 Å². The molecule has 17 heavy (non-hydrogen) atoms. The van der Waals surface area contributed by atoms with Crippen LogP contribution in [-0.2, 0) is 14.6 Å². The van der Waals surface area contributed by atoms with Gasteiger partial charge in [-0.15, -0.1) is 0 Å². The van der Waals surface area contributed by atoms with Gasteiger partial charge in [-0.3, -0.25) is 0 Å². The van der Waals surface area contributed by atoms with Gasteiger partial charge in [0.1, 0.15) is 5.82 Å². The second-order valence-electron chi connectivity index (χ2n) is 4.02. The van der Waals surface area contributed by atoms with Crippen LogP contribution in [0.3, 0.4) is 0 Å². The fourth-order valence-electron chi connectivity index (χ4n) is 1.76. The highest BCUT2D eigenvalue weighted by Gasteiger charge is 2.28. The van der Waals surface area contributed by atoms with E-state index in [1.165, 1.54) is 12.1 Å². The lowest BCUT2D eigenvalue weighted by atomic mass is 10.3. The highest BCUT2D eigenvalue weighted by atomic mass is 79.9. The zero-order valence-corrected chi connectivity index (χ0v) is 11.4. The molecule has 1 aromatic carbocycles. The van der Waals surface area contributed by atoms with Gasteiger partial charge in [-0.1, -0.05) is 15.9 Å². The van der Waals surface area contributed by atoms with Crippen LogP contribution in [0.5, 0.6) is 0 Å². The first-order chi connectivity index (χ1) is 7.97. The summed E-state index contributed by atoms with van der Waals surface area (Å²) in [4.78, 5) is 0.358. The van der Waals surface area contributed by atoms with E-state index in [9.17, 15) is 12.8 Å². The quantitative estimate of drug-likeness (QED) is 0.632. The van der Waals surface area contributed by atoms with Crippen LogP contribution in [0.15, 0.2) is 29.2 Å². The molecule has 1 saturated heterocycles. The van der Waals surface area contributed by atoms with E-state index in [1.54, 1.807) is 0 Å². The lowest BCUT2D eigenvalue weighted by Gasteiger charge is -2.10. The molecule has 3 nitrogen and oxygen atoms in total. The number of hydrogen-bond donors (Lipinski definition) is 0. The lowest BCUT2D eigenvalue weighted by Crippen LogP contribution is -2.20. The van der Waals surface area contributed by atoms with E-state index in [-0.39, 0.29) is 21.6 Å². The van der Waals surface area contributed by atoms with Gasteiger partial charge in [0.15, 0.2) is 9.84 Å². The molecule has 0 saturated carbocycles. The Morgan fingerprint density at radius 3 is 2.53 bits per heavy atom. The molecule has 0 amide bonds. The Hall–Kier alpha value is -0.460. The summed E-state index contributed by atoms with van der Waals surface area (Å²) < 4.78 is 42.0. The highest BCUT2D eigenvalue weighted by Crippen LogP contribution is 2.23. The molecule has 0 spiro atoms. The third-order valence-electron chi connectivity index (χ3n) is 2.61. The molecule has 0 aromatic heterocycles. The van der Waals surface area contributed by atoms with Crippen molar-refractivity contribution in [1.29, 1.82) is 0 Å². The van der Waals surface area contributed by atoms with Crippen molar-refractivity contribution in [2.24, 2.45) is 0 Å². The van der Waals surface area contributed by atoms with E-state index < -0.39 is 15.7 Å². The van der Waals surface area contributed by atoms with Crippen LogP contribution in [0.2, 0.25) is 0 Å². The summed E-state index contributed by atoms with van der Waals surface area (Å²) in [5, 5.41) is 0. The number of alkyl halides is 1. The Labute approximate surface area is 108 Å². The predicted molar refractivity (Wildman–Crippen MR) is 65.5 cm³/mol.